The molecule has 1 aliphatic carbocycles. The van der Waals surface area contributed by atoms with Crippen LogP contribution in [0.5, 0.6) is 0 Å². The van der Waals surface area contributed by atoms with E-state index in [1.165, 1.54) is 41.5 Å². The average Bonchev–Trinajstić information content (AvgIpc) is 3.50. The number of piperidine rings is 1. The highest BCUT2D eigenvalue weighted by Gasteiger charge is 2.47. The number of likely N-dealkylation sites (tertiary alicyclic amines) is 1. The van der Waals surface area contributed by atoms with Crippen molar-refractivity contribution >= 4 is 11.7 Å². The zero-order chi connectivity index (χ0) is 22.5. The molecule has 0 radical (unpaired) electrons. The lowest BCUT2D eigenvalue weighted by atomic mass is 10.0. The molecule has 3 aromatic rings. The number of halogens is 4. The first-order chi connectivity index (χ1) is 15.3. The Kier molecular flexibility index (Phi) is 4.83. The van der Waals surface area contributed by atoms with Gasteiger partial charge in [0, 0.05) is 18.8 Å². The number of aromatic nitrogens is 4. The monoisotopic (exact) mass is 446 g/mol. The summed E-state index contributed by atoms with van der Waals surface area (Å²) in [6, 6.07) is 5.79. The molecule has 0 unspecified atom stereocenters. The number of fused-ring (bicyclic) bond motifs is 2. The Morgan fingerprint density at radius 1 is 1.09 bits per heavy atom. The third-order valence-electron chi connectivity index (χ3n) is 5.99. The summed E-state index contributed by atoms with van der Waals surface area (Å²) in [6.45, 7) is 0.532. The normalized spacial score (nSPS) is 22.4. The predicted octanol–water partition coefficient (Wildman–Crippen LogP) is 3.54. The maximum Gasteiger partial charge on any atom is 0.417 e. The zero-order valence-corrected chi connectivity index (χ0v) is 16.6. The van der Waals surface area contributed by atoms with Crippen molar-refractivity contribution in [3.63, 3.8) is 0 Å². The van der Waals surface area contributed by atoms with Gasteiger partial charge in [-0.15, -0.1) is 0 Å². The summed E-state index contributed by atoms with van der Waals surface area (Å²) < 4.78 is 52.3. The summed E-state index contributed by atoms with van der Waals surface area (Å²) in [6.07, 6.45) is 0.795. The topological polar surface area (TPSA) is 75.9 Å². The molecule has 1 saturated carbocycles. The molecule has 1 N–H and O–H groups in total. The van der Waals surface area contributed by atoms with E-state index in [9.17, 15) is 22.4 Å². The number of benzene rings is 1. The second kappa shape index (κ2) is 7.57. The third-order valence-corrected chi connectivity index (χ3v) is 5.99. The number of anilines is 1. The summed E-state index contributed by atoms with van der Waals surface area (Å²) in [5, 5.41) is 11.2. The van der Waals surface area contributed by atoms with Gasteiger partial charge in [0.05, 0.1) is 35.2 Å². The van der Waals surface area contributed by atoms with E-state index in [-0.39, 0.29) is 29.5 Å². The molecular weight excluding hydrogens is 428 g/mol. The molecule has 11 heteroatoms. The average molecular weight is 446 g/mol. The molecule has 7 nitrogen and oxygen atoms in total. The molecule has 2 bridgehead atoms. The molecule has 1 aliphatic heterocycles. The molecule has 1 amide bonds. The number of alkyl halides is 3. The van der Waals surface area contributed by atoms with Gasteiger partial charge in [0.15, 0.2) is 0 Å². The Labute approximate surface area is 180 Å². The number of amides is 1. The smallest absolute Gasteiger partial charge is 0.365 e. The largest absolute Gasteiger partial charge is 0.417 e. The number of nitrogens with one attached hydrogen (secondary N) is 1. The van der Waals surface area contributed by atoms with Crippen molar-refractivity contribution < 1.29 is 22.4 Å². The first-order valence-corrected chi connectivity index (χ1v) is 10.1. The van der Waals surface area contributed by atoms with Gasteiger partial charge in [0.25, 0.3) is 5.91 Å². The van der Waals surface area contributed by atoms with Gasteiger partial charge in [-0.25, -0.2) is 9.37 Å². The van der Waals surface area contributed by atoms with Crippen LogP contribution in [0.3, 0.4) is 0 Å². The summed E-state index contributed by atoms with van der Waals surface area (Å²) in [4.78, 5) is 20.2. The maximum absolute atomic E-state index is 14.0. The SMILES string of the molecule is O=C(c1cc(F)ccc1-n1nccn1)N1C[C@@H]2C[C@@H](Nc3ccc(C(F)(F)F)cn3)[C@@H]1C2. The number of pyridine rings is 1. The van der Waals surface area contributed by atoms with Crippen LogP contribution in [0.4, 0.5) is 23.4 Å². The van der Waals surface area contributed by atoms with E-state index in [1.807, 2.05) is 0 Å². The lowest BCUT2D eigenvalue weighted by Crippen LogP contribution is -2.48. The number of carbonyl (C=O) groups is 1. The molecule has 1 saturated heterocycles. The highest BCUT2D eigenvalue weighted by molar-refractivity contribution is 5.98. The van der Waals surface area contributed by atoms with E-state index < -0.39 is 17.6 Å². The van der Waals surface area contributed by atoms with E-state index in [1.54, 1.807) is 4.90 Å². The van der Waals surface area contributed by atoms with Crippen LogP contribution in [0.2, 0.25) is 0 Å². The van der Waals surface area contributed by atoms with Crippen molar-refractivity contribution in [3.05, 3.63) is 65.9 Å². The highest BCUT2D eigenvalue weighted by atomic mass is 19.4. The third kappa shape index (κ3) is 3.67. The van der Waals surface area contributed by atoms with Crippen molar-refractivity contribution in [2.24, 2.45) is 5.92 Å². The van der Waals surface area contributed by atoms with E-state index in [2.05, 4.69) is 20.5 Å². The highest BCUT2D eigenvalue weighted by Crippen LogP contribution is 2.40. The number of hydrogen-bond donors (Lipinski definition) is 1. The Bertz CT molecular complexity index is 1130. The van der Waals surface area contributed by atoms with E-state index in [0.29, 0.717) is 18.1 Å². The number of nitrogens with zero attached hydrogens (tertiary/aromatic N) is 5. The van der Waals surface area contributed by atoms with Crippen LogP contribution >= 0.6 is 0 Å². The lowest BCUT2D eigenvalue weighted by molar-refractivity contribution is -0.137. The van der Waals surface area contributed by atoms with Gasteiger partial charge >= 0.3 is 6.18 Å². The first kappa shape index (κ1) is 20.4. The molecule has 5 rings (SSSR count). The minimum atomic E-state index is -4.45. The molecule has 32 heavy (non-hydrogen) atoms. The van der Waals surface area contributed by atoms with Gasteiger partial charge in [-0.1, -0.05) is 0 Å². The molecule has 3 atom stereocenters. The van der Waals surface area contributed by atoms with Crippen molar-refractivity contribution in [1.29, 1.82) is 0 Å². The molecule has 0 spiro atoms. The van der Waals surface area contributed by atoms with Gasteiger partial charge < -0.3 is 10.2 Å². The van der Waals surface area contributed by atoms with Crippen LogP contribution in [0, 0.1) is 11.7 Å². The fourth-order valence-corrected chi connectivity index (χ4v) is 4.60. The summed E-state index contributed by atoms with van der Waals surface area (Å²) >= 11 is 0. The van der Waals surface area contributed by atoms with Crippen molar-refractivity contribution in [2.75, 3.05) is 11.9 Å². The van der Waals surface area contributed by atoms with E-state index in [0.717, 1.165) is 25.1 Å². The Morgan fingerprint density at radius 3 is 2.53 bits per heavy atom. The van der Waals surface area contributed by atoms with Crippen molar-refractivity contribution in [3.8, 4) is 5.69 Å². The van der Waals surface area contributed by atoms with Crippen LogP contribution in [0.1, 0.15) is 28.8 Å². The molecular formula is C21H18F4N6O. The van der Waals surface area contributed by atoms with Crippen molar-refractivity contribution in [1.82, 2.24) is 24.9 Å². The van der Waals surface area contributed by atoms with E-state index in [4.69, 9.17) is 0 Å². The van der Waals surface area contributed by atoms with Crippen molar-refractivity contribution in [2.45, 2.75) is 31.1 Å². The second-order valence-electron chi connectivity index (χ2n) is 8.02. The van der Waals surface area contributed by atoms with Crippen LogP contribution in [0.25, 0.3) is 5.69 Å². The number of carbonyl (C=O) groups excluding carboxylic acids is 1. The first-order valence-electron chi connectivity index (χ1n) is 10.1. The Hall–Kier alpha value is -3.50. The van der Waals surface area contributed by atoms with Gasteiger partial charge in [0.1, 0.15) is 11.6 Å². The van der Waals surface area contributed by atoms with E-state index >= 15 is 0 Å². The molecule has 2 aliphatic rings. The van der Waals surface area contributed by atoms with Gasteiger partial charge in [-0.3, -0.25) is 4.79 Å². The molecule has 3 heterocycles. The van der Waals surface area contributed by atoms with Crippen LogP contribution in [0.15, 0.2) is 48.9 Å². The summed E-state index contributed by atoms with van der Waals surface area (Å²) in [7, 11) is 0. The Balaban J connectivity index is 1.37. The summed E-state index contributed by atoms with van der Waals surface area (Å²) in [5.74, 6) is -0.320. The minimum absolute atomic E-state index is 0.153. The van der Waals surface area contributed by atoms with Gasteiger partial charge in [-0.05, 0) is 49.1 Å². The van der Waals surface area contributed by atoms with Gasteiger partial charge in [0.2, 0.25) is 0 Å². The Morgan fingerprint density at radius 2 is 1.88 bits per heavy atom. The predicted molar refractivity (Wildman–Crippen MR) is 106 cm³/mol. The fourth-order valence-electron chi connectivity index (χ4n) is 4.60. The standard InChI is InChI=1S/C21H18F4N6O/c22-14-2-3-17(31-27-5-6-28-31)15(9-14)20(32)30-11-12-7-16(18(30)8-12)29-19-4-1-13(10-26-19)21(23,24)25/h1-6,9-10,12,16,18H,7-8,11H2,(H,26,29)/t12-,16-,18+/m1/s1. The quantitative estimate of drug-likeness (QED) is 0.621. The molecule has 2 fully saturated rings. The molecule has 2 aromatic heterocycles. The lowest BCUT2D eigenvalue weighted by Gasteiger charge is -2.34. The molecule has 1 aromatic carbocycles. The summed E-state index contributed by atoms with van der Waals surface area (Å²) in [5.41, 5.74) is -0.295. The van der Waals surface area contributed by atoms with Gasteiger partial charge in [-0.2, -0.15) is 28.2 Å². The zero-order valence-electron chi connectivity index (χ0n) is 16.6. The minimum Gasteiger partial charge on any atom is -0.365 e. The second-order valence-corrected chi connectivity index (χ2v) is 8.02. The number of rotatable bonds is 4. The van der Waals surface area contributed by atoms with Crippen LogP contribution in [-0.4, -0.2) is 49.4 Å². The molecule has 166 valence electrons. The van der Waals surface area contributed by atoms with Crippen LogP contribution in [-0.2, 0) is 6.18 Å². The number of hydrogen-bond acceptors (Lipinski definition) is 5. The fraction of sp³-hybridized carbons (Fsp3) is 0.333. The van der Waals surface area contributed by atoms with Crippen LogP contribution < -0.4 is 5.32 Å². The maximum atomic E-state index is 14.0.